The SMILES string of the molecule is COc1ccc(C=Cc2cc(I)c(OC)c(OC)c2)cc1. The van der Waals surface area contributed by atoms with Crippen molar-refractivity contribution in [2.45, 2.75) is 0 Å². The molecule has 0 heterocycles. The monoisotopic (exact) mass is 396 g/mol. The fourth-order valence-electron chi connectivity index (χ4n) is 1.94. The maximum absolute atomic E-state index is 5.36. The van der Waals surface area contributed by atoms with E-state index in [-0.39, 0.29) is 0 Å². The first-order valence-electron chi connectivity index (χ1n) is 6.41. The molecule has 4 heteroatoms. The molecule has 21 heavy (non-hydrogen) atoms. The van der Waals surface area contributed by atoms with Gasteiger partial charge >= 0.3 is 0 Å². The Morgan fingerprint density at radius 1 is 0.810 bits per heavy atom. The molecule has 0 aromatic heterocycles. The van der Waals surface area contributed by atoms with Crippen molar-refractivity contribution in [1.29, 1.82) is 0 Å². The first-order valence-corrected chi connectivity index (χ1v) is 7.49. The number of benzene rings is 2. The van der Waals surface area contributed by atoms with Crippen molar-refractivity contribution < 1.29 is 14.2 Å². The van der Waals surface area contributed by atoms with Crippen LogP contribution in [-0.2, 0) is 0 Å². The lowest BCUT2D eigenvalue weighted by Crippen LogP contribution is -1.93. The van der Waals surface area contributed by atoms with Crippen molar-refractivity contribution >= 4 is 34.7 Å². The number of methoxy groups -OCH3 is 3. The highest BCUT2D eigenvalue weighted by Gasteiger charge is 2.09. The number of halogens is 1. The van der Waals surface area contributed by atoms with Crippen LogP contribution in [0.5, 0.6) is 17.2 Å². The zero-order valence-corrected chi connectivity index (χ0v) is 14.4. The number of rotatable bonds is 5. The summed E-state index contributed by atoms with van der Waals surface area (Å²) in [5.41, 5.74) is 2.17. The average Bonchev–Trinajstić information content (AvgIpc) is 2.52. The van der Waals surface area contributed by atoms with E-state index in [1.54, 1.807) is 21.3 Å². The molecule has 0 saturated carbocycles. The largest absolute Gasteiger partial charge is 0.497 e. The van der Waals surface area contributed by atoms with Crippen LogP contribution in [0.25, 0.3) is 12.2 Å². The van der Waals surface area contributed by atoms with Crippen LogP contribution in [0, 0.1) is 3.57 Å². The van der Waals surface area contributed by atoms with Gasteiger partial charge in [-0.25, -0.2) is 0 Å². The summed E-state index contributed by atoms with van der Waals surface area (Å²) in [6, 6.07) is 11.9. The van der Waals surface area contributed by atoms with E-state index in [1.165, 1.54) is 0 Å². The molecule has 0 aliphatic rings. The van der Waals surface area contributed by atoms with Gasteiger partial charge in [0.05, 0.1) is 24.9 Å². The Labute approximate surface area is 138 Å². The average molecular weight is 396 g/mol. The van der Waals surface area contributed by atoms with Crippen molar-refractivity contribution in [2.24, 2.45) is 0 Å². The summed E-state index contributed by atoms with van der Waals surface area (Å²) in [6.07, 6.45) is 4.10. The summed E-state index contributed by atoms with van der Waals surface area (Å²) in [5, 5.41) is 0. The summed E-state index contributed by atoms with van der Waals surface area (Å²) in [7, 11) is 4.95. The quantitative estimate of drug-likeness (QED) is 0.551. The van der Waals surface area contributed by atoms with Crippen LogP contribution in [-0.4, -0.2) is 21.3 Å². The molecule has 0 saturated heterocycles. The molecule has 0 fully saturated rings. The van der Waals surface area contributed by atoms with E-state index in [1.807, 2.05) is 36.4 Å². The van der Waals surface area contributed by atoms with E-state index in [9.17, 15) is 0 Å². The van der Waals surface area contributed by atoms with E-state index in [0.717, 1.165) is 31.9 Å². The van der Waals surface area contributed by atoms with E-state index in [0.29, 0.717) is 0 Å². The van der Waals surface area contributed by atoms with Gasteiger partial charge in [-0.05, 0) is 58.0 Å². The van der Waals surface area contributed by atoms with Gasteiger partial charge in [-0.2, -0.15) is 0 Å². The van der Waals surface area contributed by atoms with Crippen LogP contribution < -0.4 is 14.2 Å². The Hall–Kier alpha value is -1.69. The maximum atomic E-state index is 5.36. The van der Waals surface area contributed by atoms with Gasteiger partial charge in [0.2, 0.25) is 0 Å². The molecule has 3 nitrogen and oxygen atoms in total. The Morgan fingerprint density at radius 3 is 2.05 bits per heavy atom. The Balaban J connectivity index is 2.25. The second-order valence-corrected chi connectivity index (χ2v) is 5.51. The molecule has 0 amide bonds. The molecule has 0 aliphatic carbocycles. The number of hydrogen-bond acceptors (Lipinski definition) is 3. The first kappa shape index (κ1) is 15.7. The van der Waals surface area contributed by atoms with Gasteiger partial charge in [0.1, 0.15) is 5.75 Å². The highest BCUT2D eigenvalue weighted by atomic mass is 127. The van der Waals surface area contributed by atoms with Crippen molar-refractivity contribution in [3.05, 3.63) is 51.1 Å². The van der Waals surface area contributed by atoms with Crippen molar-refractivity contribution in [3.63, 3.8) is 0 Å². The Morgan fingerprint density at radius 2 is 1.48 bits per heavy atom. The zero-order chi connectivity index (χ0) is 15.2. The Kier molecular flexibility index (Phi) is 5.50. The first-order chi connectivity index (χ1) is 10.2. The van der Waals surface area contributed by atoms with Crippen molar-refractivity contribution in [3.8, 4) is 17.2 Å². The minimum absolute atomic E-state index is 0.735. The molecular formula is C17H17IO3. The standard InChI is InChI=1S/C17H17IO3/c1-19-14-8-6-12(7-9-14)4-5-13-10-15(18)17(21-3)16(11-13)20-2/h4-11H,1-3H3. The highest BCUT2D eigenvalue weighted by molar-refractivity contribution is 14.1. The third-order valence-corrected chi connectivity index (χ3v) is 3.84. The molecule has 2 rings (SSSR count). The molecule has 0 atom stereocenters. The van der Waals surface area contributed by atoms with Gasteiger partial charge < -0.3 is 14.2 Å². The summed E-state index contributed by atoms with van der Waals surface area (Å²) < 4.78 is 16.9. The molecular weight excluding hydrogens is 379 g/mol. The fraction of sp³-hybridized carbons (Fsp3) is 0.176. The predicted octanol–water partition coefficient (Wildman–Crippen LogP) is 4.49. The van der Waals surface area contributed by atoms with Crippen molar-refractivity contribution in [2.75, 3.05) is 21.3 Å². The zero-order valence-electron chi connectivity index (χ0n) is 12.2. The van der Waals surface area contributed by atoms with Crippen LogP contribution >= 0.6 is 22.6 Å². The van der Waals surface area contributed by atoms with Crippen LogP contribution in [0.4, 0.5) is 0 Å². The minimum atomic E-state index is 0.735. The molecule has 0 N–H and O–H groups in total. The minimum Gasteiger partial charge on any atom is -0.497 e. The lowest BCUT2D eigenvalue weighted by Gasteiger charge is -2.10. The van der Waals surface area contributed by atoms with E-state index in [4.69, 9.17) is 14.2 Å². The summed E-state index contributed by atoms with van der Waals surface area (Å²) in [6.45, 7) is 0. The van der Waals surface area contributed by atoms with E-state index >= 15 is 0 Å². The summed E-state index contributed by atoms with van der Waals surface area (Å²) in [5.74, 6) is 2.35. The molecule has 0 bridgehead atoms. The maximum Gasteiger partial charge on any atom is 0.174 e. The summed E-state index contributed by atoms with van der Waals surface area (Å²) in [4.78, 5) is 0. The van der Waals surface area contributed by atoms with Gasteiger partial charge in [-0.15, -0.1) is 0 Å². The lowest BCUT2D eigenvalue weighted by atomic mass is 10.1. The second kappa shape index (κ2) is 7.36. The number of hydrogen-bond donors (Lipinski definition) is 0. The van der Waals surface area contributed by atoms with Gasteiger partial charge in [0.25, 0.3) is 0 Å². The molecule has 2 aromatic carbocycles. The van der Waals surface area contributed by atoms with Crippen LogP contribution in [0.3, 0.4) is 0 Å². The summed E-state index contributed by atoms with van der Waals surface area (Å²) >= 11 is 2.24. The van der Waals surface area contributed by atoms with Gasteiger partial charge in [0, 0.05) is 0 Å². The smallest absolute Gasteiger partial charge is 0.174 e. The highest BCUT2D eigenvalue weighted by Crippen LogP contribution is 2.34. The third-order valence-electron chi connectivity index (χ3n) is 3.04. The van der Waals surface area contributed by atoms with Crippen LogP contribution in [0.2, 0.25) is 0 Å². The predicted molar refractivity (Wildman–Crippen MR) is 94.2 cm³/mol. The van der Waals surface area contributed by atoms with Crippen LogP contribution in [0.1, 0.15) is 11.1 Å². The molecule has 110 valence electrons. The molecule has 0 unspecified atom stereocenters. The third kappa shape index (κ3) is 3.91. The molecule has 0 spiro atoms. The molecule has 0 radical (unpaired) electrons. The molecule has 0 aliphatic heterocycles. The van der Waals surface area contributed by atoms with Gasteiger partial charge in [-0.3, -0.25) is 0 Å². The second-order valence-electron chi connectivity index (χ2n) is 4.34. The van der Waals surface area contributed by atoms with Gasteiger partial charge in [-0.1, -0.05) is 24.3 Å². The fourth-order valence-corrected chi connectivity index (χ4v) is 2.79. The normalized spacial score (nSPS) is 10.7. The van der Waals surface area contributed by atoms with Crippen LogP contribution in [0.15, 0.2) is 36.4 Å². The van der Waals surface area contributed by atoms with E-state index in [2.05, 4.69) is 34.7 Å². The van der Waals surface area contributed by atoms with Gasteiger partial charge in [0.15, 0.2) is 11.5 Å². The number of ether oxygens (including phenoxy) is 3. The molecule has 2 aromatic rings. The topological polar surface area (TPSA) is 27.7 Å². The van der Waals surface area contributed by atoms with Crippen molar-refractivity contribution in [1.82, 2.24) is 0 Å². The Bertz CT molecular complexity index is 633. The lowest BCUT2D eigenvalue weighted by molar-refractivity contribution is 0.353. The van der Waals surface area contributed by atoms with E-state index < -0.39 is 0 Å².